The van der Waals surface area contributed by atoms with Crippen LogP contribution in [-0.2, 0) is 6.54 Å². The van der Waals surface area contributed by atoms with E-state index in [0.717, 1.165) is 61.4 Å². The van der Waals surface area contributed by atoms with Crippen LogP contribution in [0.3, 0.4) is 0 Å². The number of nitrogens with zero attached hydrogens (tertiary/aromatic N) is 4. The van der Waals surface area contributed by atoms with Gasteiger partial charge in [-0.3, -0.25) is 4.99 Å². The minimum atomic E-state index is 0.678. The Hall–Kier alpha value is -2.96. The highest BCUT2D eigenvalue weighted by Crippen LogP contribution is 2.28. The molecule has 1 aromatic heterocycles. The summed E-state index contributed by atoms with van der Waals surface area (Å²) in [6.07, 6.45) is 2.81. The Bertz CT molecular complexity index is 789. The first kappa shape index (κ1) is 20.8. The maximum atomic E-state index is 5.73. The van der Waals surface area contributed by atoms with Crippen LogP contribution in [0.5, 0.6) is 11.5 Å². The molecule has 156 valence electrons. The predicted molar refractivity (Wildman–Crippen MR) is 117 cm³/mol. The highest BCUT2D eigenvalue weighted by Gasteiger charge is 2.20. The summed E-state index contributed by atoms with van der Waals surface area (Å²) in [5, 5.41) is 3.47. The number of pyridine rings is 1. The minimum absolute atomic E-state index is 0.678. The van der Waals surface area contributed by atoms with Crippen molar-refractivity contribution in [2.24, 2.45) is 4.99 Å². The molecule has 7 heteroatoms. The van der Waals surface area contributed by atoms with Gasteiger partial charge < -0.3 is 24.6 Å². The summed E-state index contributed by atoms with van der Waals surface area (Å²) in [5.74, 6) is 3.49. The Morgan fingerprint density at radius 2 is 1.97 bits per heavy atom. The van der Waals surface area contributed by atoms with Gasteiger partial charge >= 0.3 is 0 Å². The Morgan fingerprint density at radius 1 is 1.14 bits per heavy atom. The zero-order valence-corrected chi connectivity index (χ0v) is 17.6. The summed E-state index contributed by atoms with van der Waals surface area (Å²) < 4.78 is 11.2. The maximum Gasteiger partial charge on any atom is 0.194 e. The maximum absolute atomic E-state index is 5.73. The zero-order chi connectivity index (χ0) is 20.5. The number of nitrogens with one attached hydrogen (secondary N) is 1. The van der Waals surface area contributed by atoms with Gasteiger partial charge in [-0.15, -0.1) is 0 Å². The lowest BCUT2D eigenvalue weighted by molar-refractivity contribution is 0.294. The van der Waals surface area contributed by atoms with Gasteiger partial charge in [-0.05, 0) is 36.2 Å². The van der Waals surface area contributed by atoms with E-state index >= 15 is 0 Å². The fourth-order valence-corrected chi connectivity index (χ4v) is 3.35. The van der Waals surface area contributed by atoms with Crippen LogP contribution in [0.1, 0.15) is 18.9 Å². The first-order valence-corrected chi connectivity index (χ1v) is 10.2. The van der Waals surface area contributed by atoms with E-state index in [1.807, 2.05) is 37.5 Å². The van der Waals surface area contributed by atoms with Gasteiger partial charge in [0, 0.05) is 46.0 Å². The largest absolute Gasteiger partial charge is 0.493 e. The molecule has 1 aromatic carbocycles. The minimum Gasteiger partial charge on any atom is -0.493 e. The van der Waals surface area contributed by atoms with E-state index in [4.69, 9.17) is 9.47 Å². The van der Waals surface area contributed by atoms with E-state index in [0.29, 0.717) is 13.2 Å². The SMILES string of the molecule is CCCOc1ccc(CNC(=NC)N2CCN(c3ccccn3)CC2)cc1OC. The van der Waals surface area contributed by atoms with E-state index < -0.39 is 0 Å². The fourth-order valence-electron chi connectivity index (χ4n) is 3.35. The Balaban J connectivity index is 1.54. The lowest BCUT2D eigenvalue weighted by Gasteiger charge is -2.37. The summed E-state index contributed by atoms with van der Waals surface area (Å²) in [7, 11) is 3.50. The highest BCUT2D eigenvalue weighted by molar-refractivity contribution is 5.80. The van der Waals surface area contributed by atoms with Crippen LogP contribution in [-0.4, -0.2) is 62.8 Å². The number of ether oxygens (including phenoxy) is 2. The Morgan fingerprint density at radius 3 is 2.62 bits per heavy atom. The van der Waals surface area contributed by atoms with Crippen molar-refractivity contribution in [1.82, 2.24) is 15.2 Å². The van der Waals surface area contributed by atoms with Crippen LogP contribution in [0.15, 0.2) is 47.6 Å². The number of hydrogen-bond acceptors (Lipinski definition) is 5. The number of anilines is 1. The molecule has 1 saturated heterocycles. The topological polar surface area (TPSA) is 62.2 Å². The Kier molecular flexibility index (Phi) is 7.55. The van der Waals surface area contributed by atoms with Crippen LogP contribution in [0.4, 0.5) is 5.82 Å². The number of guanidine groups is 1. The molecule has 0 spiro atoms. The van der Waals surface area contributed by atoms with Gasteiger partial charge in [0.05, 0.1) is 13.7 Å². The molecule has 0 aliphatic carbocycles. The third-order valence-electron chi connectivity index (χ3n) is 4.90. The van der Waals surface area contributed by atoms with Crippen molar-refractivity contribution in [1.29, 1.82) is 0 Å². The van der Waals surface area contributed by atoms with E-state index in [2.05, 4.69) is 44.1 Å². The molecule has 0 unspecified atom stereocenters. The Labute approximate surface area is 173 Å². The molecule has 29 heavy (non-hydrogen) atoms. The number of rotatable bonds is 7. The van der Waals surface area contributed by atoms with Crippen molar-refractivity contribution in [3.63, 3.8) is 0 Å². The number of methoxy groups -OCH3 is 1. The van der Waals surface area contributed by atoms with E-state index in [1.165, 1.54) is 0 Å². The average Bonchev–Trinajstić information content (AvgIpc) is 2.79. The highest BCUT2D eigenvalue weighted by atomic mass is 16.5. The normalized spacial score (nSPS) is 14.7. The van der Waals surface area contributed by atoms with E-state index in [9.17, 15) is 0 Å². The predicted octanol–water partition coefficient (Wildman–Crippen LogP) is 2.78. The second-order valence-electron chi connectivity index (χ2n) is 6.90. The van der Waals surface area contributed by atoms with Crippen LogP contribution in [0.2, 0.25) is 0 Å². The van der Waals surface area contributed by atoms with Crippen molar-refractivity contribution >= 4 is 11.8 Å². The third kappa shape index (κ3) is 5.53. The van der Waals surface area contributed by atoms with Crippen LogP contribution < -0.4 is 19.7 Å². The number of hydrogen-bond donors (Lipinski definition) is 1. The van der Waals surface area contributed by atoms with Crippen molar-refractivity contribution in [2.45, 2.75) is 19.9 Å². The molecule has 0 bridgehead atoms. The van der Waals surface area contributed by atoms with Gasteiger partial charge in [-0.2, -0.15) is 0 Å². The van der Waals surface area contributed by atoms with Gasteiger partial charge in [0.2, 0.25) is 0 Å². The van der Waals surface area contributed by atoms with Crippen molar-refractivity contribution in [3.8, 4) is 11.5 Å². The van der Waals surface area contributed by atoms with Crippen LogP contribution in [0, 0.1) is 0 Å². The number of benzene rings is 1. The fraction of sp³-hybridized carbons (Fsp3) is 0.455. The molecule has 0 amide bonds. The molecular formula is C22H31N5O2. The lowest BCUT2D eigenvalue weighted by Crippen LogP contribution is -2.52. The molecule has 1 aliphatic heterocycles. The molecule has 3 rings (SSSR count). The molecule has 1 N–H and O–H groups in total. The van der Waals surface area contributed by atoms with Crippen molar-refractivity contribution < 1.29 is 9.47 Å². The van der Waals surface area contributed by atoms with Gasteiger partial charge in [0.1, 0.15) is 5.82 Å². The summed E-state index contributed by atoms with van der Waals surface area (Å²) in [6.45, 7) is 7.12. The molecular weight excluding hydrogens is 366 g/mol. The molecule has 0 saturated carbocycles. The third-order valence-corrected chi connectivity index (χ3v) is 4.90. The summed E-state index contributed by atoms with van der Waals surface area (Å²) in [6, 6.07) is 12.1. The average molecular weight is 398 g/mol. The number of piperazine rings is 1. The van der Waals surface area contributed by atoms with E-state index in [1.54, 1.807) is 7.11 Å². The molecule has 0 radical (unpaired) electrons. The summed E-state index contributed by atoms with van der Waals surface area (Å²) >= 11 is 0. The van der Waals surface area contributed by atoms with Gasteiger partial charge in [0.25, 0.3) is 0 Å². The molecule has 7 nitrogen and oxygen atoms in total. The lowest BCUT2D eigenvalue weighted by atomic mass is 10.2. The van der Waals surface area contributed by atoms with Crippen molar-refractivity contribution in [2.75, 3.05) is 51.8 Å². The van der Waals surface area contributed by atoms with Gasteiger partial charge in [0.15, 0.2) is 17.5 Å². The second-order valence-corrected chi connectivity index (χ2v) is 6.90. The van der Waals surface area contributed by atoms with Gasteiger partial charge in [-0.25, -0.2) is 4.98 Å². The summed E-state index contributed by atoms with van der Waals surface area (Å²) in [4.78, 5) is 13.5. The zero-order valence-electron chi connectivity index (χ0n) is 17.6. The van der Waals surface area contributed by atoms with Crippen LogP contribution >= 0.6 is 0 Å². The van der Waals surface area contributed by atoms with E-state index in [-0.39, 0.29) is 0 Å². The molecule has 1 aliphatic rings. The quantitative estimate of drug-likeness (QED) is 0.573. The van der Waals surface area contributed by atoms with Crippen LogP contribution in [0.25, 0.3) is 0 Å². The second kappa shape index (κ2) is 10.5. The standard InChI is InChI=1S/C22H31N5O2/c1-4-15-29-19-9-8-18(16-20(19)28-3)17-25-22(23-2)27-13-11-26(12-14-27)21-7-5-6-10-24-21/h5-10,16H,4,11-15,17H2,1-3H3,(H,23,25). The number of aromatic nitrogens is 1. The van der Waals surface area contributed by atoms with Crippen molar-refractivity contribution in [3.05, 3.63) is 48.2 Å². The first-order chi connectivity index (χ1) is 14.2. The molecule has 2 aromatic rings. The summed E-state index contributed by atoms with van der Waals surface area (Å²) in [5.41, 5.74) is 1.12. The molecule has 0 atom stereocenters. The monoisotopic (exact) mass is 397 g/mol. The molecule has 1 fully saturated rings. The van der Waals surface area contributed by atoms with Gasteiger partial charge in [-0.1, -0.05) is 19.1 Å². The first-order valence-electron chi connectivity index (χ1n) is 10.2. The number of aliphatic imine (C=N–C) groups is 1. The smallest absolute Gasteiger partial charge is 0.194 e. The molecule has 2 heterocycles.